The molecule has 7 heteroatoms. The Morgan fingerprint density at radius 1 is 1.16 bits per heavy atom. The number of likely N-dealkylation sites (tertiary alicyclic amines) is 1. The van der Waals surface area contributed by atoms with E-state index in [2.05, 4.69) is 22.4 Å². The molecule has 2 aliphatic rings. The smallest absolute Gasteiger partial charge is 0.225 e. The molecule has 5 rings (SSSR count). The number of carbonyl (C=O) groups is 2. The molecular formula is C25H24ClN3O3. The molecule has 1 saturated carbocycles. The summed E-state index contributed by atoms with van der Waals surface area (Å²) in [6.45, 7) is 0.582. The number of benzene rings is 2. The largest absolute Gasteiger partial charge is 0.441 e. The van der Waals surface area contributed by atoms with Crippen LogP contribution >= 0.6 is 11.6 Å². The van der Waals surface area contributed by atoms with Crippen molar-refractivity contribution in [1.29, 1.82) is 0 Å². The van der Waals surface area contributed by atoms with Gasteiger partial charge in [0.25, 0.3) is 0 Å². The number of halogens is 1. The van der Waals surface area contributed by atoms with Crippen LogP contribution in [-0.2, 0) is 16.0 Å². The minimum absolute atomic E-state index is 0.0914. The molecule has 2 fully saturated rings. The van der Waals surface area contributed by atoms with Crippen LogP contribution in [0.15, 0.2) is 65.2 Å². The predicted molar refractivity (Wildman–Crippen MR) is 121 cm³/mol. The molecule has 1 aliphatic carbocycles. The molecule has 2 amide bonds. The zero-order valence-electron chi connectivity index (χ0n) is 17.5. The highest BCUT2D eigenvalue weighted by Crippen LogP contribution is 2.45. The van der Waals surface area contributed by atoms with Crippen molar-refractivity contribution in [2.45, 2.75) is 43.7 Å². The Bertz CT molecular complexity index is 1110. The second kappa shape index (κ2) is 8.79. The van der Waals surface area contributed by atoms with Crippen molar-refractivity contribution in [3.8, 4) is 11.3 Å². The van der Waals surface area contributed by atoms with Gasteiger partial charge in [-0.25, -0.2) is 4.98 Å². The molecule has 3 aromatic rings. The summed E-state index contributed by atoms with van der Waals surface area (Å²) < 4.78 is 5.76. The lowest BCUT2D eigenvalue weighted by molar-refractivity contribution is -0.128. The van der Waals surface area contributed by atoms with Gasteiger partial charge in [0.2, 0.25) is 11.8 Å². The van der Waals surface area contributed by atoms with Crippen LogP contribution < -0.4 is 5.32 Å². The fourth-order valence-electron chi connectivity index (χ4n) is 4.43. The van der Waals surface area contributed by atoms with Gasteiger partial charge in [-0.2, -0.15) is 0 Å². The number of amides is 2. The van der Waals surface area contributed by atoms with E-state index >= 15 is 0 Å². The van der Waals surface area contributed by atoms with Crippen LogP contribution in [0.3, 0.4) is 0 Å². The second-order valence-electron chi connectivity index (χ2n) is 8.46. The summed E-state index contributed by atoms with van der Waals surface area (Å²) in [4.78, 5) is 31.2. The number of hydrogen-bond donors (Lipinski definition) is 1. The molecular weight excluding hydrogens is 426 g/mol. The molecule has 1 saturated heterocycles. The third-order valence-corrected chi connectivity index (χ3v) is 6.41. The summed E-state index contributed by atoms with van der Waals surface area (Å²) in [6, 6.07) is 17.7. The molecule has 0 bridgehead atoms. The van der Waals surface area contributed by atoms with Gasteiger partial charge in [0.05, 0.1) is 12.2 Å². The maximum atomic E-state index is 12.5. The Hall–Kier alpha value is -3.12. The molecule has 1 aliphatic heterocycles. The molecule has 6 nitrogen and oxygen atoms in total. The molecule has 0 unspecified atom stereocenters. The summed E-state index contributed by atoms with van der Waals surface area (Å²) in [5, 5.41) is 3.66. The topological polar surface area (TPSA) is 75.4 Å². The first-order valence-corrected chi connectivity index (χ1v) is 11.3. The fourth-order valence-corrected chi connectivity index (χ4v) is 4.55. The highest BCUT2D eigenvalue weighted by Gasteiger charge is 2.47. The van der Waals surface area contributed by atoms with E-state index < -0.39 is 0 Å². The number of carbonyl (C=O) groups excluding carboxylic acids is 2. The molecule has 1 N–H and O–H groups in total. The van der Waals surface area contributed by atoms with Crippen molar-refractivity contribution >= 4 is 23.4 Å². The van der Waals surface area contributed by atoms with Gasteiger partial charge < -0.3 is 14.6 Å². The van der Waals surface area contributed by atoms with Crippen molar-refractivity contribution in [2.75, 3.05) is 6.54 Å². The van der Waals surface area contributed by atoms with Gasteiger partial charge in [-0.05, 0) is 36.2 Å². The van der Waals surface area contributed by atoms with E-state index in [1.54, 1.807) is 18.3 Å². The molecule has 0 spiro atoms. The van der Waals surface area contributed by atoms with Gasteiger partial charge in [-0.15, -0.1) is 0 Å². The van der Waals surface area contributed by atoms with Crippen molar-refractivity contribution in [1.82, 2.24) is 15.2 Å². The van der Waals surface area contributed by atoms with E-state index in [1.165, 1.54) is 5.56 Å². The molecule has 32 heavy (non-hydrogen) atoms. The average molecular weight is 450 g/mol. The van der Waals surface area contributed by atoms with E-state index in [9.17, 15) is 9.59 Å². The van der Waals surface area contributed by atoms with Crippen molar-refractivity contribution in [3.05, 3.63) is 77.3 Å². The van der Waals surface area contributed by atoms with Crippen molar-refractivity contribution in [3.63, 3.8) is 0 Å². The van der Waals surface area contributed by atoms with Gasteiger partial charge in [0.15, 0.2) is 11.7 Å². The van der Waals surface area contributed by atoms with Crippen LogP contribution in [-0.4, -0.2) is 40.3 Å². The lowest BCUT2D eigenvalue weighted by atomic mass is 10.1. The standard InChI is InChI=1S/C25H24ClN3O3/c26-18-8-6-17(7-9-18)22-14-27-24(32-22)11-10-23(30)28-19-12-25(31)29(15-19)21-13-20(21)16-4-2-1-3-5-16/h1-9,14,19-21H,10-13,15H2,(H,28,30)/t19-,20+,21+/m1/s1. The number of hydrogen-bond acceptors (Lipinski definition) is 4. The minimum Gasteiger partial charge on any atom is -0.441 e. The third-order valence-electron chi connectivity index (χ3n) is 6.16. The minimum atomic E-state index is -0.138. The maximum absolute atomic E-state index is 12.5. The highest BCUT2D eigenvalue weighted by atomic mass is 35.5. The van der Waals surface area contributed by atoms with E-state index in [0.29, 0.717) is 42.0 Å². The van der Waals surface area contributed by atoms with E-state index in [0.717, 1.165) is 12.0 Å². The maximum Gasteiger partial charge on any atom is 0.225 e. The van der Waals surface area contributed by atoms with Gasteiger partial charge in [-0.1, -0.05) is 41.9 Å². The Morgan fingerprint density at radius 3 is 2.72 bits per heavy atom. The van der Waals surface area contributed by atoms with E-state index in [4.69, 9.17) is 16.0 Å². The zero-order chi connectivity index (χ0) is 22.1. The van der Waals surface area contributed by atoms with Crippen LogP contribution in [0.25, 0.3) is 11.3 Å². The molecule has 3 atom stereocenters. The Kier molecular flexibility index (Phi) is 5.70. The SMILES string of the molecule is O=C(CCc1ncc(-c2ccc(Cl)cc2)o1)N[C@@H]1CC(=O)N([C@H]2C[C@H]2c2ccccc2)C1. The normalized spacial score (nSPS) is 22.2. The van der Waals surface area contributed by atoms with E-state index in [-0.39, 0.29) is 30.3 Å². The number of aromatic nitrogens is 1. The summed E-state index contributed by atoms with van der Waals surface area (Å²) >= 11 is 5.92. The quantitative estimate of drug-likeness (QED) is 0.586. The number of nitrogens with one attached hydrogen (secondary N) is 1. The molecule has 0 radical (unpaired) electrons. The Balaban J connectivity index is 1.10. The zero-order valence-corrected chi connectivity index (χ0v) is 18.3. The third kappa shape index (κ3) is 4.55. The molecule has 2 aromatic carbocycles. The van der Waals surface area contributed by atoms with Crippen molar-refractivity contribution in [2.24, 2.45) is 0 Å². The lowest BCUT2D eigenvalue weighted by Crippen LogP contribution is -2.37. The molecule has 2 heterocycles. The van der Waals surface area contributed by atoms with Crippen LogP contribution in [0.4, 0.5) is 0 Å². The lowest BCUT2D eigenvalue weighted by Gasteiger charge is -2.17. The molecule has 164 valence electrons. The Morgan fingerprint density at radius 2 is 1.94 bits per heavy atom. The van der Waals surface area contributed by atoms with Crippen LogP contribution in [0.1, 0.15) is 36.6 Å². The van der Waals surface area contributed by atoms with Crippen molar-refractivity contribution < 1.29 is 14.0 Å². The number of rotatable bonds is 7. The molecule has 1 aromatic heterocycles. The average Bonchev–Trinajstić information content (AvgIpc) is 3.30. The number of nitrogens with zero attached hydrogens (tertiary/aromatic N) is 2. The van der Waals surface area contributed by atoms with Gasteiger partial charge >= 0.3 is 0 Å². The first-order chi connectivity index (χ1) is 15.6. The summed E-state index contributed by atoms with van der Waals surface area (Å²) in [5.41, 5.74) is 2.16. The first kappa shape index (κ1) is 20.8. The van der Waals surface area contributed by atoms with Gasteiger partial charge in [0, 0.05) is 48.4 Å². The highest BCUT2D eigenvalue weighted by molar-refractivity contribution is 6.30. The van der Waals surface area contributed by atoms with Gasteiger partial charge in [-0.3, -0.25) is 9.59 Å². The van der Waals surface area contributed by atoms with Crippen LogP contribution in [0.5, 0.6) is 0 Å². The first-order valence-electron chi connectivity index (χ1n) is 10.9. The van der Waals surface area contributed by atoms with E-state index in [1.807, 2.05) is 35.2 Å². The number of oxazole rings is 1. The van der Waals surface area contributed by atoms with Gasteiger partial charge in [0.1, 0.15) is 0 Å². The van der Waals surface area contributed by atoms with Crippen LogP contribution in [0, 0.1) is 0 Å². The fraction of sp³-hybridized carbons (Fsp3) is 0.320. The summed E-state index contributed by atoms with van der Waals surface area (Å²) in [6.07, 6.45) is 3.69. The predicted octanol–water partition coefficient (Wildman–Crippen LogP) is 4.20. The monoisotopic (exact) mass is 449 g/mol. The Labute approximate surface area is 191 Å². The van der Waals surface area contributed by atoms with Crippen LogP contribution in [0.2, 0.25) is 5.02 Å². The number of aryl methyl sites for hydroxylation is 1. The second-order valence-corrected chi connectivity index (χ2v) is 8.90. The summed E-state index contributed by atoms with van der Waals surface area (Å²) in [5.74, 6) is 1.60. The summed E-state index contributed by atoms with van der Waals surface area (Å²) in [7, 11) is 0.